The minimum absolute atomic E-state index is 0.000162. The lowest BCUT2D eigenvalue weighted by Gasteiger charge is -2.16. The monoisotopic (exact) mass is 406 g/mol. The molecule has 0 aliphatic carbocycles. The minimum Gasteiger partial charge on any atom is -0.489 e. The summed E-state index contributed by atoms with van der Waals surface area (Å²) in [7, 11) is 0. The molecule has 1 atom stereocenters. The van der Waals surface area contributed by atoms with Gasteiger partial charge in [-0.25, -0.2) is 0 Å². The average Bonchev–Trinajstić information content (AvgIpc) is 3.05. The summed E-state index contributed by atoms with van der Waals surface area (Å²) in [5.41, 5.74) is 5.16. The standard InChI is InChI=1S/C25H30N2O3/c1-16(2)21-8-10-22(11-9-21)17(3)26-25(28)14-20-6-12-23(13-7-20)29-15-24-18(4)27-30-19(24)5/h6-13,16-17H,14-15H2,1-5H3,(H,26,28)/t17-/m0/s1. The summed E-state index contributed by atoms with van der Waals surface area (Å²) in [6.45, 7) is 10.5. The number of hydrogen-bond acceptors (Lipinski definition) is 4. The van der Waals surface area contributed by atoms with E-state index in [4.69, 9.17) is 9.26 Å². The minimum atomic E-state index is -0.0311. The lowest BCUT2D eigenvalue weighted by molar-refractivity contribution is -0.121. The first-order valence-electron chi connectivity index (χ1n) is 10.4. The Balaban J connectivity index is 1.51. The molecule has 1 aromatic heterocycles. The van der Waals surface area contributed by atoms with Gasteiger partial charge in [0.25, 0.3) is 0 Å². The highest BCUT2D eigenvalue weighted by Crippen LogP contribution is 2.20. The van der Waals surface area contributed by atoms with Crippen molar-refractivity contribution in [2.45, 2.75) is 59.6 Å². The third kappa shape index (κ3) is 5.50. The predicted molar refractivity (Wildman–Crippen MR) is 118 cm³/mol. The van der Waals surface area contributed by atoms with Gasteiger partial charge >= 0.3 is 0 Å². The number of amides is 1. The van der Waals surface area contributed by atoms with Gasteiger partial charge in [-0.3, -0.25) is 4.79 Å². The maximum absolute atomic E-state index is 12.5. The maximum Gasteiger partial charge on any atom is 0.224 e. The Morgan fingerprint density at radius 3 is 2.20 bits per heavy atom. The highest BCUT2D eigenvalue weighted by molar-refractivity contribution is 5.79. The molecule has 0 saturated carbocycles. The molecule has 0 saturated heterocycles. The van der Waals surface area contributed by atoms with Crippen molar-refractivity contribution in [3.8, 4) is 5.75 Å². The Labute approximate surface area is 178 Å². The van der Waals surface area contributed by atoms with Crippen molar-refractivity contribution in [1.82, 2.24) is 10.5 Å². The normalized spacial score (nSPS) is 12.1. The first-order chi connectivity index (χ1) is 14.3. The number of aromatic nitrogens is 1. The Bertz CT molecular complexity index is 953. The highest BCUT2D eigenvalue weighted by atomic mass is 16.5. The van der Waals surface area contributed by atoms with Gasteiger partial charge in [0.2, 0.25) is 5.91 Å². The zero-order valence-corrected chi connectivity index (χ0v) is 18.4. The van der Waals surface area contributed by atoms with Gasteiger partial charge in [-0.1, -0.05) is 55.4 Å². The van der Waals surface area contributed by atoms with Crippen molar-refractivity contribution < 1.29 is 14.1 Å². The van der Waals surface area contributed by atoms with Gasteiger partial charge in [0.05, 0.1) is 23.7 Å². The summed E-state index contributed by atoms with van der Waals surface area (Å²) in [5.74, 6) is 2.02. The molecule has 158 valence electrons. The van der Waals surface area contributed by atoms with E-state index in [0.717, 1.165) is 33.9 Å². The zero-order valence-electron chi connectivity index (χ0n) is 18.4. The van der Waals surface area contributed by atoms with E-state index in [9.17, 15) is 4.79 Å². The molecule has 0 unspecified atom stereocenters. The van der Waals surface area contributed by atoms with Gasteiger partial charge in [-0.05, 0) is 55.5 Å². The van der Waals surface area contributed by atoms with E-state index >= 15 is 0 Å². The molecule has 5 nitrogen and oxygen atoms in total. The smallest absolute Gasteiger partial charge is 0.224 e. The quantitative estimate of drug-likeness (QED) is 0.543. The third-order valence-corrected chi connectivity index (χ3v) is 5.33. The topological polar surface area (TPSA) is 64.4 Å². The highest BCUT2D eigenvalue weighted by Gasteiger charge is 2.12. The fourth-order valence-corrected chi connectivity index (χ4v) is 3.30. The van der Waals surface area contributed by atoms with E-state index in [1.165, 1.54) is 5.56 Å². The molecule has 3 rings (SSSR count). The van der Waals surface area contributed by atoms with Crippen LogP contribution in [0.5, 0.6) is 5.75 Å². The van der Waals surface area contributed by atoms with Crippen LogP contribution >= 0.6 is 0 Å². The zero-order chi connectivity index (χ0) is 21.7. The molecule has 0 fully saturated rings. The predicted octanol–water partition coefficient (Wildman–Crippen LogP) is 5.41. The molecule has 0 bridgehead atoms. The fourth-order valence-electron chi connectivity index (χ4n) is 3.30. The summed E-state index contributed by atoms with van der Waals surface area (Å²) in [6.07, 6.45) is 0.332. The van der Waals surface area contributed by atoms with E-state index in [1.807, 2.05) is 45.0 Å². The van der Waals surface area contributed by atoms with Crippen molar-refractivity contribution >= 4 is 5.91 Å². The molecule has 1 N–H and O–H groups in total. The van der Waals surface area contributed by atoms with Crippen LogP contribution < -0.4 is 10.1 Å². The van der Waals surface area contributed by atoms with E-state index in [2.05, 4.69) is 48.6 Å². The Morgan fingerprint density at radius 2 is 1.63 bits per heavy atom. The van der Waals surface area contributed by atoms with Crippen molar-refractivity contribution in [2.75, 3.05) is 0 Å². The SMILES string of the molecule is Cc1noc(C)c1COc1ccc(CC(=O)N[C@@H](C)c2ccc(C(C)C)cc2)cc1. The molecule has 5 heteroatoms. The number of ether oxygens (including phenoxy) is 1. The van der Waals surface area contributed by atoms with Gasteiger partial charge < -0.3 is 14.6 Å². The number of benzene rings is 2. The van der Waals surface area contributed by atoms with Crippen LogP contribution in [-0.2, 0) is 17.8 Å². The third-order valence-electron chi connectivity index (χ3n) is 5.33. The van der Waals surface area contributed by atoms with Gasteiger partial charge in [0.1, 0.15) is 18.1 Å². The van der Waals surface area contributed by atoms with Crippen molar-refractivity contribution in [1.29, 1.82) is 0 Å². The van der Waals surface area contributed by atoms with Crippen LogP contribution in [0.1, 0.15) is 66.4 Å². The summed E-state index contributed by atoms with van der Waals surface area (Å²) in [5, 5.41) is 7.01. The molecule has 1 amide bonds. The average molecular weight is 407 g/mol. The maximum atomic E-state index is 12.5. The molecule has 0 spiro atoms. The second kappa shape index (κ2) is 9.61. The van der Waals surface area contributed by atoms with Crippen LogP contribution in [0.15, 0.2) is 53.1 Å². The Kier molecular flexibility index (Phi) is 6.93. The first kappa shape index (κ1) is 21.6. The van der Waals surface area contributed by atoms with Crippen molar-refractivity contribution in [3.05, 3.63) is 82.2 Å². The van der Waals surface area contributed by atoms with E-state index in [1.54, 1.807) is 0 Å². The summed E-state index contributed by atoms with van der Waals surface area (Å²) >= 11 is 0. The summed E-state index contributed by atoms with van der Waals surface area (Å²) < 4.78 is 11.0. The first-order valence-corrected chi connectivity index (χ1v) is 10.4. The number of nitrogens with one attached hydrogen (secondary N) is 1. The molecule has 30 heavy (non-hydrogen) atoms. The van der Waals surface area contributed by atoms with Gasteiger partial charge in [-0.2, -0.15) is 0 Å². The Morgan fingerprint density at radius 1 is 1.00 bits per heavy atom. The molecule has 0 aliphatic rings. The summed E-state index contributed by atoms with van der Waals surface area (Å²) in [6, 6.07) is 16.0. The lowest BCUT2D eigenvalue weighted by Crippen LogP contribution is -2.28. The molecular weight excluding hydrogens is 376 g/mol. The van der Waals surface area contributed by atoms with Gasteiger partial charge in [-0.15, -0.1) is 0 Å². The van der Waals surface area contributed by atoms with Crippen molar-refractivity contribution in [3.63, 3.8) is 0 Å². The molecule has 0 aliphatic heterocycles. The van der Waals surface area contributed by atoms with Crippen LogP contribution in [0.2, 0.25) is 0 Å². The second-order valence-electron chi connectivity index (χ2n) is 8.02. The number of nitrogens with zero attached hydrogens (tertiary/aromatic N) is 1. The van der Waals surface area contributed by atoms with Crippen LogP contribution in [0.4, 0.5) is 0 Å². The molecule has 0 radical (unpaired) electrons. The summed E-state index contributed by atoms with van der Waals surface area (Å²) in [4.78, 5) is 12.5. The van der Waals surface area contributed by atoms with Crippen LogP contribution in [-0.4, -0.2) is 11.1 Å². The van der Waals surface area contributed by atoms with Crippen molar-refractivity contribution in [2.24, 2.45) is 0 Å². The Hall–Kier alpha value is -3.08. The molecular formula is C25H30N2O3. The number of carbonyl (C=O) groups excluding carboxylic acids is 1. The van der Waals surface area contributed by atoms with E-state index < -0.39 is 0 Å². The van der Waals surface area contributed by atoms with Gasteiger partial charge in [0, 0.05) is 0 Å². The van der Waals surface area contributed by atoms with Crippen LogP contribution in [0.3, 0.4) is 0 Å². The molecule has 2 aromatic carbocycles. The van der Waals surface area contributed by atoms with Crippen LogP contribution in [0.25, 0.3) is 0 Å². The van der Waals surface area contributed by atoms with Crippen LogP contribution in [0, 0.1) is 13.8 Å². The lowest BCUT2D eigenvalue weighted by atomic mass is 9.99. The second-order valence-corrected chi connectivity index (χ2v) is 8.02. The number of hydrogen-bond donors (Lipinski definition) is 1. The number of rotatable bonds is 8. The van der Waals surface area contributed by atoms with E-state index in [-0.39, 0.29) is 11.9 Å². The largest absolute Gasteiger partial charge is 0.489 e. The molecule has 3 aromatic rings. The number of carbonyl (C=O) groups is 1. The fraction of sp³-hybridized carbons (Fsp3) is 0.360. The number of aryl methyl sites for hydroxylation is 2. The molecule has 1 heterocycles. The van der Waals surface area contributed by atoms with E-state index in [0.29, 0.717) is 18.9 Å². The van der Waals surface area contributed by atoms with Gasteiger partial charge in [0.15, 0.2) is 0 Å².